The third kappa shape index (κ3) is 3.45. The highest BCUT2D eigenvalue weighted by Gasteiger charge is 2.30. The van der Waals surface area contributed by atoms with Crippen molar-refractivity contribution in [1.29, 1.82) is 0 Å². The molecule has 0 saturated heterocycles. The lowest BCUT2D eigenvalue weighted by atomic mass is 10.2. The van der Waals surface area contributed by atoms with Crippen LogP contribution in [0, 0.1) is 0 Å². The number of hydrogen-bond acceptors (Lipinski definition) is 2. The first-order valence-corrected chi connectivity index (χ1v) is 4.54. The molecule has 1 aromatic rings. The van der Waals surface area contributed by atoms with Crippen molar-refractivity contribution in [2.24, 2.45) is 0 Å². The second kappa shape index (κ2) is 4.87. The van der Waals surface area contributed by atoms with Gasteiger partial charge in [-0.2, -0.15) is 13.2 Å². The van der Waals surface area contributed by atoms with Crippen molar-refractivity contribution in [2.45, 2.75) is 13.1 Å². The first-order valence-electron chi connectivity index (χ1n) is 4.54. The number of benzene rings is 1. The van der Waals surface area contributed by atoms with Gasteiger partial charge in [0.1, 0.15) is 0 Å². The summed E-state index contributed by atoms with van der Waals surface area (Å²) in [6.45, 7) is 1.76. The van der Waals surface area contributed by atoms with Crippen LogP contribution in [0.1, 0.15) is 12.5 Å². The van der Waals surface area contributed by atoms with Crippen LogP contribution in [0.2, 0.25) is 0 Å². The molecule has 0 fully saturated rings. The van der Waals surface area contributed by atoms with Crippen molar-refractivity contribution in [3.8, 4) is 0 Å². The average Bonchev–Trinajstić information content (AvgIpc) is 2.17. The number of amides is 1. The van der Waals surface area contributed by atoms with Gasteiger partial charge in [-0.05, 0) is 25.1 Å². The van der Waals surface area contributed by atoms with E-state index in [0.717, 1.165) is 12.1 Å². The Morgan fingerprint density at radius 2 is 2.12 bits per heavy atom. The molecule has 1 amide bonds. The summed E-state index contributed by atoms with van der Waals surface area (Å²) in [4.78, 5) is 11.0. The maximum Gasteiger partial charge on any atom is 0.416 e. The van der Waals surface area contributed by atoms with Gasteiger partial charge in [-0.1, -0.05) is 6.07 Å². The molecule has 0 aliphatic heterocycles. The Balaban J connectivity index is 2.79. The van der Waals surface area contributed by atoms with E-state index in [1.165, 1.54) is 12.1 Å². The highest BCUT2D eigenvalue weighted by atomic mass is 19.4. The fourth-order valence-corrected chi connectivity index (χ4v) is 1.06. The monoisotopic (exact) mass is 233 g/mol. The van der Waals surface area contributed by atoms with Crippen LogP contribution in [0.4, 0.5) is 23.7 Å². The number of alkyl halides is 3. The molecule has 0 atom stereocenters. The van der Waals surface area contributed by atoms with Crippen LogP contribution in [0.25, 0.3) is 0 Å². The Labute approximate surface area is 90.2 Å². The molecule has 0 bridgehead atoms. The quantitative estimate of drug-likeness (QED) is 0.851. The Morgan fingerprint density at radius 3 is 2.69 bits per heavy atom. The van der Waals surface area contributed by atoms with Gasteiger partial charge in [-0.15, -0.1) is 0 Å². The molecule has 0 spiro atoms. The minimum Gasteiger partial charge on any atom is -0.450 e. The summed E-state index contributed by atoms with van der Waals surface area (Å²) in [5.74, 6) is 0. The predicted molar refractivity (Wildman–Crippen MR) is 52.1 cm³/mol. The van der Waals surface area contributed by atoms with E-state index in [2.05, 4.69) is 10.1 Å². The standard InChI is InChI=1S/C10H10F3NO2/c1-2-16-9(15)14-8-5-3-4-7(6-8)10(11,12)13/h3-6H,2H2,1H3,(H,14,15). The molecule has 3 nitrogen and oxygen atoms in total. The molecule has 1 aromatic carbocycles. The third-order valence-electron chi connectivity index (χ3n) is 1.71. The van der Waals surface area contributed by atoms with Crippen LogP contribution in [0.3, 0.4) is 0 Å². The molecule has 1 rings (SSSR count). The van der Waals surface area contributed by atoms with Crippen molar-refractivity contribution in [1.82, 2.24) is 0 Å². The first kappa shape index (κ1) is 12.4. The van der Waals surface area contributed by atoms with E-state index in [1.807, 2.05) is 0 Å². The van der Waals surface area contributed by atoms with Crippen molar-refractivity contribution < 1.29 is 22.7 Å². The Morgan fingerprint density at radius 1 is 1.44 bits per heavy atom. The molecular weight excluding hydrogens is 223 g/mol. The number of carbonyl (C=O) groups excluding carboxylic acids is 1. The van der Waals surface area contributed by atoms with Crippen molar-refractivity contribution in [3.63, 3.8) is 0 Å². The van der Waals surface area contributed by atoms with Crippen LogP contribution in [0.5, 0.6) is 0 Å². The van der Waals surface area contributed by atoms with Gasteiger partial charge >= 0.3 is 12.3 Å². The van der Waals surface area contributed by atoms with Gasteiger partial charge in [0.2, 0.25) is 0 Å². The Hall–Kier alpha value is -1.72. The number of hydrogen-bond donors (Lipinski definition) is 1. The number of ether oxygens (including phenoxy) is 1. The lowest BCUT2D eigenvalue weighted by Gasteiger charge is -2.09. The van der Waals surface area contributed by atoms with E-state index in [-0.39, 0.29) is 12.3 Å². The summed E-state index contributed by atoms with van der Waals surface area (Å²) < 4.78 is 41.5. The molecule has 0 unspecified atom stereocenters. The van der Waals surface area contributed by atoms with Crippen molar-refractivity contribution in [3.05, 3.63) is 29.8 Å². The second-order valence-electron chi connectivity index (χ2n) is 2.92. The zero-order chi connectivity index (χ0) is 12.2. The van der Waals surface area contributed by atoms with Crippen molar-refractivity contribution in [2.75, 3.05) is 11.9 Å². The Kier molecular flexibility index (Phi) is 3.76. The van der Waals surface area contributed by atoms with Crippen LogP contribution in [-0.2, 0) is 10.9 Å². The SMILES string of the molecule is CCOC(=O)Nc1cccc(C(F)(F)F)c1. The van der Waals surface area contributed by atoms with Gasteiger partial charge in [0.25, 0.3) is 0 Å². The minimum atomic E-state index is -4.42. The highest BCUT2D eigenvalue weighted by molar-refractivity contribution is 5.84. The molecule has 6 heteroatoms. The second-order valence-corrected chi connectivity index (χ2v) is 2.92. The largest absolute Gasteiger partial charge is 0.450 e. The molecule has 0 heterocycles. The number of nitrogens with one attached hydrogen (secondary N) is 1. The summed E-state index contributed by atoms with van der Waals surface area (Å²) in [7, 11) is 0. The predicted octanol–water partition coefficient (Wildman–Crippen LogP) is 3.27. The summed E-state index contributed by atoms with van der Waals surface area (Å²) in [6, 6.07) is 4.34. The van der Waals surface area contributed by atoms with E-state index in [4.69, 9.17) is 0 Å². The molecule has 1 N–H and O–H groups in total. The van der Waals surface area contributed by atoms with Gasteiger partial charge < -0.3 is 4.74 Å². The van der Waals surface area contributed by atoms with E-state index in [1.54, 1.807) is 6.92 Å². The first-order chi connectivity index (χ1) is 7.43. The minimum absolute atomic E-state index is 0.0493. The average molecular weight is 233 g/mol. The summed E-state index contributed by atoms with van der Waals surface area (Å²) in [5, 5.41) is 2.19. The maximum atomic E-state index is 12.3. The number of rotatable bonds is 2. The maximum absolute atomic E-state index is 12.3. The summed E-state index contributed by atoms with van der Waals surface area (Å²) in [6.07, 6.45) is -5.20. The lowest BCUT2D eigenvalue weighted by Crippen LogP contribution is -2.14. The van der Waals surface area contributed by atoms with Crippen LogP contribution in [-0.4, -0.2) is 12.7 Å². The molecule has 0 aromatic heterocycles. The van der Waals surface area contributed by atoms with Crippen molar-refractivity contribution >= 4 is 11.8 Å². The summed E-state index contributed by atoms with van der Waals surface area (Å²) >= 11 is 0. The van der Waals surface area contributed by atoms with E-state index in [9.17, 15) is 18.0 Å². The van der Waals surface area contributed by atoms with Crippen LogP contribution >= 0.6 is 0 Å². The third-order valence-corrected chi connectivity index (χ3v) is 1.71. The van der Waals surface area contributed by atoms with Gasteiger partial charge in [0, 0.05) is 5.69 Å². The fraction of sp³-hybridized carbons (Fsp3) is 0.300. The highest BCUT2D eigenvalue weighted by Crippen LogP contribution is 2.30. The molecular formula is C10H10F3NO2. The van der Waals surface area contributed by atoms with Gasteiger partial charge in [-0.3, -0.25) is 5.32 Å². The molecule has 0 radical (unpaired) electrons. The normalized spacial score (nSPS) is 11.0. The van der Waals surface area contributed by atoms with Gasteiger partial charge in [0.15, 0.2) is 0 Å². The fourth-order valence-electron chi connectivity index (χ4n) is 1.06. The lowest BCUT2D eigenvalue weighted by molar-refractivity contribution is -0.137. The molecule has 0 aliphatic carbocycles. The van der Waals surface area contributed by atoms with Gasteiger partial charge in [-0.25, -0.2) is 4.79 Å². The summed E-state index contributed by atoms with van der Waals surface area (Å²) in [5.41, 5.74) is -0.768. The van der Waals surface area contributed by atoms with Gasteiger partial charge in [0.05, 0.1) is 12.2 Å². The van der Waals surface area contributed by atoms with Crippen LogP contribution in [0.15, 0.2) is 24.3 Å². The van der Waals surface area contributed by atoms with E-state index >= 15 is 0 Å². The van der Waals surface area contributed by atoms with E-state index in [0.29, 0.717) is 0 Å². The zero-order valence-corrected chi connectivity index (χ0v) is 8.47. The van der Waals surface area contributed by atoms with E-state index < -0.39 is 17.8 Å². The Bertz CT molecular complexity index is 377. The smallest absolute Gasteiger partial charge is 0.416 e. The van der Waals surface area contributed by atoms with Crippen LogP contribution < -0.4 is 5.32 Å². The molecule has 0 aliphatic rings. The topological polar surface area (TPSA) is 38.3 Å². The molecule has 16 heavy (non-hydrogen) atoms. The number of carbonyl (C=O) groups is 1. The molecule has 0 saturated carbocycles. The number of halogens is 3. The number of anilines is 1. The zero-order valence-electron chi connectivity index (χ0n) is 8.47. The molecule has 88 valence electrons.